The smallest absolute Gasteiger partial charge is 0.254 e. The number of rotatable bonds is 5. The van der Waals surface area contributed by atoms with Crippen molar-refractivity contribution in [3.8, 4) is 11.5 Å². The number of nitrogens with two attached hydrogens (primary N) is 1. The standard InChI is InChI=1S/C25H24N2O4/c1-17-15-27(16-23(30-17)18-5-3-2-4-6-18)25(29)20-9-13-22(14-10-20)31-21-11-7-19(8-12-21)24(26)28/h2-14,17,23H,15-16H2,1H3,(H2,26,28)/t17-,23+/m1/s1. The molecule has 0 bridgehead atoms. The van der Waals surface area contributed by atoms with Crippen molar-refractivity contribution >= 4 is 11.8 Å². The van der Waals surface area contributed by atoms with Gasteiger partial charge in [0.25, 0.3) is 5.91 Å². The molecule has 158 valence electrons. The number of primary amides is 1. The monoisotopic (exact) mass is 416 g/mol. The summed E-state index contributed by atoms with van der Waals surface area (Å²) in [5.74, 6) is 0.660. The van der Waals surface area contributed by atoms with Crippen LogP contribution < -0.4 is 10.5 Å². The lowest BCUT2D eigenvalue weighted by Crippen LogP contribution is -2.45. The highest BCUT2D eigenvalue weighted by Gasteiger charge is 2.29. The van der Waals surface area contributed by atoms with Crippen LogP contribution >= 0.6 is 0 Å². The number of carbonyl (C=O) groups excluding carboxylic acids is 2. The van der Waals surface area contributed by atoms with Crippen LogP contribution in [0.3, 0.4) is 0 Å². The molecule has 2 atom stereocenters. The van der Waals surface area contributed by atoms with Crippen LogP contribution in [-0.2, 0) is 4.74 Å². The Morgan fingerprint density at radius 2 is 1.45 bits per heavy atom. The molecule has 31 heavy (non-hydrogen) atoms. The summed E-state index contributed by atoms with van der Waals surface area (Å²) in [4.78, 5) is 26.1. The second-order valence-electron chi connectivity index (χ2n) is 7.57. The molecule has 2 amide bonds. The van der Waals surface area contributed by atoms with E-state index in [-0.39, 0.29) is 18.1 Å². The zero-order valence-corrected chi connectivity index (χ0v) is 17.2. The van der Waals surface area contributed by atoms with Gasteiger partial charge in [-0.05, 0) is 61.0 Å². The van der Waals surface area contributed by atoms with Crippen LogP contribution in [0, 0.1) is 0 Å². The minimum Gasteiger partial charge on any atom is -0.457 e. The number of amides is 2. The van der Waals surface area contributed by atoms with Gasteiger partial charge >= 0.3 is 0 Å². The zero-order valence-electron chi connectivity index (χ0n) is 17.2. The highest BCUT2D eigenvalue weighted by molar-refractivity contribution is 5.94. The van der Waals surface area contributed by atoms with Crippen molar-refractivity contribution in [2.24, 2.45) is 5.73 Å². The van der Waals surface area contributed by atoms with E-state index in [9.17, 15) is 9.59 Å². The molecule has 3 aromatic carbocycles. The molecular weight excluding hydrogens is 392 g/mol. The minimum atomic E-state index is -0.485. The van der Waals surface area contributed by atoms with Crippen LogP contribution in [0.1, 0.15) is 39.3 Å². The third kappa shape index (κ3) is 4.92. The van der Waals surface area contributed by atoms with Crippen molar-refractivity contribution in [1.29, 1.82) is 0 Å². The van der Waals surface area contributed by atoms with Crippen molar-refractivity contribution in [1.82, 2.24) is 4.90 Å². The first-order chi connectivity index (χ1) is 15.0. The molecule has 2 N–H and O–H groups in total. The summed E-state index contributed by atoms with van der Waals surface area (Å²) in [6, 6.07) is 23.6. The Morgan fingerprint density at radius 3 is 2.03 bits per heavy atom. The van der Waals surface area contributed by atoms with Crippen molar-refractivity contribution in [2.45, 2.75) is 19.1 Å². The van der Waals surface area contributed by atoms with Gasteiger partial charge in [-0.25, -0.2) is 0 Å². The molecule has 0 saturated carbocycles. The maximum absolute atomic E-state index is 13.1. The van der Waals surface area contributed by atoms with Gasteiger partial charge in [0.2, 0.25) is 5.91 Å². The maximum atomic E-state index is 13.1. The van der Waals surface area contributed by atoms with E-state index in [1.165, 1.54) is 0 Å². The number of benzene rings is 3. The average Bonchev–Trinajstić information content (AvgIpc) is 2.79. The van der Waals surface area contributed by atoms with Gasteiger partial charge in [0.05, 0.1) is 12.6 Å². The molecule has 0 unspecified atom stereocenters. The second-order valence-corrected chi connectivity index (χ2v) is 7.57. The molecule has 1 aliphatic heterocycles. The van der Waals surface area contributed by atoms with Gasteiger partial charge in [-0.15, -0.1) is 0 Å². The van der Waals surface area contributed by atoms with E-state index in [1.54, 1.807) is 48.5 Å². The molecule has 1 heterocycles. The van der Waals surface area contributed by atoms with Gasteiger partial charge in [0.1, 0.15) is 17.6 Å². The molecule has 6 nitrogen and oxygen atoms in total. The Kier molecular flexibility index (Phi) is 6.00. The first-order valence-electron chi connectivity index (χ1n) is 10.2. The first-order valence-corrected chi connectivity index (χ1v) is 10.2. The van der Waals surface area contributed by atoms with Crippen molar-refractivity contribution in [3.63, 3.8) is 0 Å². The summed E-state index contributed by atoms with van der Waals surface area (Å²) < 4.78 is 11.8. The molecule has 0 spiro atoms. The lowest BCUT2D eigenvalue weighted by atomic mass is 10.1. The van der Waals surface area contributed by atoms with E-state index >= 15 is 0 Å². The largest absolute Gasteiger partial charge is 0.457 e. The Labute approximate surface area is 181 Å². The highest BCUT2D eigenvalue weighted by atomic mass is 16.5. The lowest BCUT2D eigenvalue weighted by Gasteiger charge is -2.37. The molecule has 4 rings (SSSR count). The number of morpholine rings is 1. The minimum absolute atomic E-state index is 0.0338. The van der Waals surface area contributed by atoms with Gasteiger partial charge in [-0.3, -0.25) is 9.59 Å². The highest BCUT2D eigenvalue weighted by Crippen LogP contribution is 2.27. The molecule has 1 saturated heterocycles. The molecule has 0 aromatic heterocycles. The molecule has 0 radical (unpaired) electrons. The summed E-state index contributed by atoms with van der Waals surface area (Å²) in [7, 11) is 0. The third-order valence-electron chi connectivity index (χ3n) is 5.19. The Hall–Kier alpha value is -3.64. The van der Waals surface area contributed by atoms with E-state index in [1.807, 2.05) is 42.2 Å². The lowest BCUT2D eigenvalue weighted by molar-refractivity contribution is -0.0691. The van der Waals surface area contributed by atoms with Gasteiger partial charge < -0.3 is 20.1 Å². The van der Waals surface area contributed by atoms with Crippen LogP contribution in [0.5, 0.6) is 11.5 Å². The molecule has 3 aromatic rings. The number of nitrogens with zero attached hydrogens (tertiary/aromatic N) is 1. The number of carbonyl (C=O) groups is 2. The van der Waals surface area contributed by atoms with Crippen molar-refractivity contribution in [3.05, 3.63) is 95.6 Å². The second kappa shape index (κ2) is 9.02. The number of hydrogen-bond donors (Lipinski definition) is 1. The van der Waals surface area contributed by atoms with Gasteiger partial charge in [-0.2, -0.15) is 0 Å². The first kappa shape index (κ1) is 20.6. The van der Waals surface area contributed by atoms with E-state index < -0.39 is 5.91 Å². The fraction of sp³-hybridized carbons (Fsp3) is 0.200. The van der Waals surface area contributed by atoms with Crippen LogP contribution in [0.25, 0.3) is 0 Å². The SMILES string of the molecule is C[C@@H]1CN(C(=O)c2ccc(Oc3ccc(C(N)=O)cc3)cc2)C[C@@H](c2ccccc2)O1. The predicted octanol–water partition coefficient (Wildman–Crippen LogP) is 4.18. The fourth-order valence-corrected chi connectivity index (χ4v) is 3.64. The molecule has 0 aliphatic carbocycles. The van der Waals surface area contributed by atoms with E-state index in [0.29, 0.717) is 35.7 Å². The number of hydrogen-bond acceptors (Lipinski definition) is 4. The summed E-state index contributed by atoms with van der Waals surface area (Å²) in [5, 5.41) is 0. The van der Waals surface area contributed by atoms with Crippen LogP contribution in [0.15, 0.2) is 78.9 Å². The van der Waals surface area contributed by atoms with Gasteiger partial charge in [0, 0.05) is 17.7 Å². The maximum Gasteiger partial charge on any atom is 0.254 e. The van der Waals surface area contributed by atoms with E-state index in [2.05, 4.69) is 0 Å². The van der Waals surface area contributed by atoms with Crippen molar-refractivity contribution in [2.75, 3.05) is 13.1 Å². The Balaban J connectivity index is 1.43. The third-order valence-corrected chi connectivity index (χ3v) is 5.19. The summed E-state index contributed by atoms with van der Waals surface area (Å²) in [6.45, 7) is 3.04. The van der Waals surface area contributed by atoms with Crippen molar-refractivity contribution < 1.29 is 19.1 Å². The molecule has 1 aliphatic rings. The normalized spacial score (nSPS) is 18.4. The number of ether oxygens (including phenoxy) is 2. The summed E-state index contributed by atoms with van der Waals surface area (Å²) in [6.07, 6.45) is -0.186. The van der Waals surface area contributed by atoms with Gasteiger partial charge in [-0.1, -0.05) is 30.3 Å². The predicted molar refractivity (Wildman–Crippen MR) is 117 cm³/mol. The van der Waals surface area contributed by atoms with Crippen LogP contribution in [0.2, 0.25) is 0 Å². The summed E-state index contributed by atoms with van der Waals surface area (Å²) in [5.41, 5.74) is 7.33. The average molecular weight is 416 g/mol. The molecular formula is C25H24N2O4. The summed E-state index contributed by atoms with van der Waals surface area (Å²) >= 11 is 0. The van der Waals surface area contributed by atoms with E-state index in [4.69, 9.17) is 15.2 Å². The zero-order chi connectivity index (χ0) is 21.8. The van der Waals surface area contributed by atoms with Crippen LogP contribution in [-0.4, -0.2) is 35.9 Å². The molecule has 6 heteroatoms. The Bertz CT molecular complexity index is 1050. The quantitative estimate of drug-likeness (QED) is 0.676. The van der Waals surface area contributed by atoms with E-state index in [0.717, 1.165) is 5.56 Å². The van der Waals surface area contributed by atoms with Crippen LogP contribution in [0.4, 0.5) is 0 Å². The Morgan fingerprint density at radius 1 is 0.871 bits per heavy atom. The molecule has 1 fully saturated rings. The topological polar surface area (TPSA) is 81.9 Å². The van der Waals surface area contributed by atoms with Gasteiger partial charge in [0.15, 0.2) is 0 Å². The fourth-order valence-electron chi connectivity index (χ4n) is 3.64.